The van der Waals surface area contributed by atoms with Crippen LogP contribution in [0.1, 0.15) is 89.5 Å². The van der Waals surface area contributed by atoms with Gasteiger partial charge < -0.3 is 14.6 Å². The van der Waals surface area contributed by atoms with Crippen LogP contribution in [0.25, 0.3) is 0 Å². The molecule has 9 nitrogen and oxygen atoms in total. The molecule has 1 amide bonds. The first-order valence-corrected chi connectivity index (χ1v) is 14.7. The van der Waals surface area contributed by atoms with E-state index in [1.54, 1.807) is 0 Å². The van der Waals surface area contributed by atoms with E-state index in [9.17, 15) is 19.5 Å². The Hall–Kier alpha value is -2.65. The normalized spacial score (nSPS) is 25.3. The van der Waals surface area contributed by atoms with Crippen LogP contribution in [0.3, 0.4) is 0 Å². The summed E-state index contributed by atoms with van der Waals surface area (Å²) in [6.07, 6.45) is 8.30. The maximum Gasteiger partial charge on any atom is 0.308 e. The van der Waals surface area contributed by atoms with Gasteiger partial charge in [-0.05, 0) is 62.1 Å². The number of likely N-dealkylation sites (tertiary alicyclic amines) is 1. The Labute approximate surface area is 231 Å². The third kappa shape index (κ3) is 7.51. The minimum atomic E-state index is -0.849. The Balaban J connectivity index is 1.56. The summed E-state index contributed by atoms with van der Waals surface area (Å²) in [7, 11) is 0. The summed E-state index contributed by atoms with van der Waals surface area (Å²) >= 11 is 0. The Morgan fingerprint density at radius 1 is 1.08 bits per heavy atom. The topological polar surface area (TPSA) is 106 Å². The molecule has 2 aliphatic heterocycles. The van der Waals surface area contributed by atoms with Gasteiger partial charge in [0.25, 0.3) is 5.91 Å². The molecule has 1 aromatic carbocycles. The van der Waals surface area contributed by atoms with E-state index in [1.807, 2.05) is 32.0 Å². The fourth-order valence-corrected chi connectivity index (χ4v) is 6.34. The second-order valence-electron chi connectivity index (χ2n) is 11.2. The average molecular weight is 545 g/mol. The summed E-state index contributed by atoms with van der Waals surface area (Å²) in [5.74, 6) is 0.0886. The predicted octanol–water partition coefficient (Wildman–Crippen LogP) is 4.78. The van der Waals surface area contributed by atoms with E-state index in [0.29, 0.717) is 62.2 Å². The molecule has 0 unspecified atom stereocenters. The zero-order valence-corrected chi connectivity index (χ0v) is 23.4. The van der Waals surface area contributed by atoms with E-state index in [-0.39, 0.29) is 31.2 Å². The number of fused-ring (bicyclic) bond motifs is 1. The van der Waals surface area contributed by atoms with Crippen LogP contribution in [-0.4, -0.2) is 71.8 Å². The van der Waals surface area contributed by atoms with Crippen LogP contribution in [0, 0.1) is 11.8 Å². The molecule has 0 radical (unpaired) electrons. The lowest BCUT2D eigenvalue weighted by Gasteiger charge is -2.30. The maximum atomic E-state index is 13.4. The third-order valence-corrected chi connectivity index (χ3v) is 8.37. The number of amides is 1. The van der Waals surface area contributed by atoms with Crippen LogP contribution in [0.5, 0.6) is 11.5 Å². The van der Waals surface area contributed by atoms with Gasteiger partial charge in [0, 0.05) is 37.9 Å². The summed E-state index contributed by atoms with van der Waals surface area (Å²) in [6, 6.07) is 5.36. The summed E-state index contributed by atoms with van der Waals surface area (Å²) in [5, 5.41) is 11.9. The fourth-order valence-electron chi connectivity index (χ4n) is 6.34. The maximum absolute atomic E-state index is 13.4. The van der Waals surface area contributed by atoms with Crippen LogP contribution in [0.4, 0.5) is 0 Å². The number of hydrogen-bond donors (Lipinski definition) is 1. The number of carbonyl (C=O) groups excluding carboxylic acids is 2. The number of Topliss-reactive ketones (excluding diaryl/α,β-unsaturated/α-hetero) is 1. The van der Waals surface area contributed by atoms with E-state index in [0.717, 1.165) is 50.5 Å². The van der Waals surface area contributed by atoms with E-state index in [4.69, 9.17) is 14.3 Å². The summed E-state index contributed by atoms with van der Waals surface area (Å²) < 4.78 is 11.0. The molecule has 1 N–H and O–H groups in total. The molecule has 216 valence electrons. The van der Waals surface area contributed by atoms with Crippen molar-refractivity contribution in [3.05, 3.63) is 23.8 Å². The molecule has 3 aliphatic rings. The minimum Gasteiger partial charge on any atom is -0.481 e. The largest absolute Gasteiger partial charge is 0.481 e. The third-order valence-electron chi connectivity index (χ3n) is 8.37. The summed E-state index contributed by atoms with van der Waals surface area (Å²) in [4.78, 5) is 46.0. The van der Waals surface area contributed by atoms with Crippen LogP contribution < -0.4 is 9.47 Å². The lowest BCUT2D eigenvalue weighted by Crippen LogP contribution is -2.44. The number of hydroxylamine groups is 2. The first-order chi connectivity index (χ1) is 18.9. The molecule has 0 aromatic heterocycles. The van der Waals surface area contributed by atoms with Gasteiger partial charge in [0.1, 0.15) is 5.78 Å². The lowest BCUT2D eigenvalue weighted by molar-refractivity contribution is -0.188. The molecule has 39 heavy (non-hydrogen) atoms. The Kier molecular flexibility index (Phi) is 10.6. The molecule has 2 heterocycles. The monoisotopic (exact) mass is 544 g/mol. The number of carboxylic acid groups (broad SMARTS) is 1. The van der Waals surface area contributed by atoms with Crippen molar-refractivity contribution in [3.8, 4) is 11.5 Å². The Morgan fingerprint density at radius 2 is 1.90 bits per heavy atom. The van der Waals surface area contributed by atoms with Crippen molar-refractivity contribution in [1.82, 2.24) is 9.96 Å². The number of carbonyl (C=O) groups is 3. The first-order valence-electron chi connectivity index (χ1n) is 14.7. The van der Waals surface area contributed by atoms with Crippen LogP contribution in [0.15, 0.2) is 18.2 Å². The molecule has 4 atom stereocenters. The molecule has 0 bridgehead atoms. The number of ketones is 1. The molecule has 1 aromatic rings. The van der Waals surface area contributed by atoms with Gasteiger partial charge in [-0.25, -0.2) is 5.06 Å². The zero-order valence-electron chi connectivity index (χ0n) is 23.4. The molecule has 1 saturated carbocycles. The summed E-state index contributed by atoms with van der Waals surface area (Å²) in [5.41, 5.74) is 0.885. The Bertz CT molecular complexity index is 1000. The van der Waals surface area contributed by atoms with Crippen molar-refractivity contribution in [2.24, 2.45) is 11.8 Å². The van der Waals surface area contributed by atoms with Gasteiger partial charge in [-0.15, -0.1) is 0 Å². The van der Waals surface area contributed by atoms with Gasteiger partial charge in [0.05, 0.1) is 19.1 Å². The van der Waals surface area contributed by atoms with Gasteiger partial charge in [0.15, 0.2) is 11.5 Å². The van der Waals surface area contributed by atoms with Crippen LogP contribution in [-0.2, 0) is 19.2 Å². The van der Waals surface area contributed by atoms with Crippen LogP contribution >= 0.6 is 0 Å². The number of ether oxygens (including phenoxy) is 2. The number of benzene rings is 1. The van der Waals surface area contributed by atoms with Crippen molar-refractivity contribution in [2.45, 2.75) is 90.0 Å². The minimum absolute atomic E-state index is 0.113. The standard InChI is InChI=1S/C30H44N2O7/c1-3-15-32(39-16-4-2)28(34)19-31-18-24(22-11-14-26-27(17-22)38-20-37-26)29(30(35)36)25(31)13-10-21-7-5-6-8-23(33)12-9-21/h11,14,17,21,24-25,29H,3-10,12-13,15-16,18-20H2,1-2H3,(H,35,36)/t21-,24+,25-,29+/m0/s1. The highest BCUT2D eigenvalue weighted by Gasteiger charge is 2.47. The fraction of sp³-hybridized carbons (Fsp3) is 0.700. The second-order valence-corrected chi connectivity index (χ2v) is 11.2. The van der Waals surface area contributed by atoms with Gasteiger partial charge in [-0.2, -0.15) is 0 Å². The molecule has 1 saturated heterocycles. The number of carboxylic acids is 1. The van der Waals surface area contributed by atoms with Crippen molar-refractivity contribution in [1.29, 1.82) is 0 Å². The van der Waals surface area contributed by atoms with E-state index in [2.05, 4.69) is 4.90 Å². The van der Waals surface area contributed by atoms with Crippen molar-refractivity contribution in [3.63, 3.8) is 0 Å². The van der Waals surface area contributed by atoms with Crippen molar-refractivity contribution in [2.75, 3.05) is 33.0 Å². The SMILES string of the molecule is CCCON(CCC)C(=O)CN1C[C@H](c2ccc3c(c2)OCO3)[C@@H](C(=O)O)[C@@H]1CC[C@H]1CCCCC(=O)CC1. The highest BCUT2D eigenvalue weighted by Crippen LogP contribution is 2.43. The quantitative estimate of drug-likeness (QED) is 0.375. The number of rotatable bonds is 12. The molecule has 2 fully saturated rings. The average Bonchev–Trinajstić information content (AvgIpc) is 3.52. The zero-order chi connectivity index (χ0) is 27.8. The highest BCUT2D eigenvalue weighted by molar-refractivity contribution is 5.79. The van der Waals surface area contributed by atoms with Crippen LogP contribution in [0.2, 0.25) is 0 Å². The number of aliphatic carboxylic acids is 1. The first kappa shape index (κ1) is 29.3. The summed E-state index contributed by atoms with van der Waals surface area (Å²) in [6.45, 7) is 5.70. The predicted molar refractivity (Wildman–Crippen MR) is 145 cm³/mol. The molecule has 9 heteroatoms. The van der Waals surface area contributed by atoms with Gasteiger partial charge >= 0.3 is 5.97 Å². The molecule has 0 spiro atoms. The number of nitrogens with zero attached hydrogens (tertiary/aromatic N) is 2. The second kappa shape index (κ2) is 14.1. The Morgan fingerprint density at radius 3 is 2.67 bits per heavy atom. The van der Waals surface area contributed by atoms with Gasteiger partial charge in [-0.3, -0.25) is 24.1 Å². The van der Waals surface area contributed by atoms with Gasteiger partial charge in [-0.1, -0.05) is 32.8 Å². The van der Waals surface area contributed by atoms with E-state index < -0.39 is 11.9 Å². The molecular weight excluding hydrogens is 500 g/mol. The van der Waals surface area contributed by atoms with E-state index in [1.165, 1.54) is 5.06 Å². The number of hydrogen-bond acceptors (Lipinski definition) is 7. The van der Waals surface area contributed by atoms with E-state index >= 15 is 0 Å². The smallest absolute Gasteiger partial charge is 0.308 e. The van der Waals surface area contributed by atoms with Crippen molar-refractivity contribution >= 4 is 17.7 Å². The molecular formula is C30H44N2O7. The van der Waals surface area contributed by atoms with Crippen molar-refractivity contribution < 1.29 is 33.8 Å². The highest BCUT2D eigenvalue weighted by atomic mass is 16.7. The molecule has 4 rings (SSSR count). The van der Waals surface area contributed by atoms with Gasteiger partial charge in [0.2, 0.25) is 6.79 Å². The molecule has 1 aliphatic carbocycles. The lowest BCUT2D eigenvalue weighted by atomic mass is 9.81.